The van der Waals surface area contributed by atoms with Gasteiger partial charge in [0, 0.05) is 30.2 Å². The average molecular weight is 423 g/mol. The quantitative estimate of drug-likeness (QED) is 0.803. The van der Waals surface area contributed by atoms with E-state index in [2.05, 4.69) is 4.72 Å². The van der Waals surface area contributed by atoms with Crippen molar-refractivity contribution >= 4 is 27.5 Å². The zero-order valence-electron chi connectivity index (χ0n) is 15.8. The predicted octanol–water partition coefficient (Wildman–Crippen LogP) is 3.07. The number of benzene rings is 2. The predicted molar refractivity (Wildman–Crippen MR) is 108 cm³/mol. The second-order valence-electron chi connectivity index (χ2n) is 6.94. The number of hydrogen-bond donors (Lipinski definition) is 1. The van der Waals surface area contributed by atoms with E-state index in [1.165, 1.54) is 24.3 Å². The molecule has 1 heterocycles. The van der Waals surface area contributed by atoms with Crippen LogP contribution in [0.3, 0.4) is 0 Å². The van der Waals surface area contributed by atoms with Crippen LogP contribution in [0.2, 0.25) is 5.02 Å². The first-order valence-corrected chi connectivity index (χ1v) is 10.9. The van der Waals surface area contributed by atoms with Crippen molar-refractivity contribution in [3.05, 3.63) is 64.7 Å². The summed E-state index contributed by atoms with van der Waals surface area (Å²) in [6.07, 6.45) is 0.0171. The summed E-state index contributed by atoms with van der Waals surface area (Å²) in [5.74, 6) is -0.0460. The van der Waals surface area contributed by atoms with E-state index in [0.29, 0.717) is 23.7 Å². The van der Waals surface area contributed by atoms with E-state index in [1.807, 2.05) is 13.8 Å². The Labute approximate surface area is 170 Å². The van der Waals surface area contributed by atoms with Gasteiger partial charge in [-0.1, -0.05) is 23.7 Å². The highest BCUT2D eigenvalue weighted by atomic mass is 35.5. The van der Waals surface area contributed by atoms with Gasteiger partial charge in [-0.25, -0.2) is 13.1 Å². The van der Waals surface area contributed by atoms with Crippen molar-refractivity contribution < 1.29 is 17.9 Å². The average Bonchev–Trinajstić information content (AvgIpc) is 2.66. The molecule has 1 amide bonds. The lowest BCUT2D eigenvalue weighted by Gasteiger charge is -2.35. The Balaban J connectivity index is 1.63. The highest BCUT2D eigenvalue weighted by molar-refractivity contribution is 7.89. The van der Waals surface area contributed by atoms with E-state index in [1.54, 1.807) is 29.2 Å². The minimum atomic E-state index is -3.63. The van der Waals surface area contributed by atoms with Crippen molar-refractivity contribution in [2.45, 2.75) is 37.5 Å². The molecule has 0 radical (unpaired) electrons. The molecule has 6 nitrogen and oxygen atoms in total. The fraction of sp³-hybridized carbons (Fsp3) is 0.350. The number of carbonyl (C=O) groups is 1. The number of rotatable bonds is 5. The summed E-state index contributed by atoms with van der Waals surface area (Å²) in [6.45, 7) is 5.15. The van der Waals surface area contributed by atoms with E-state index in [0.717, 1.165) is 5.56 Å². The minimum Gasteiger partial charge on any atom is -0.372 e. The van der Waals surface area contributed by atoms with Gasteiger partial charge in [0.05, 0.1) is 17.1 Å². The van der Waals surface area contributed by atoms with Crippen LogP contribution in [-0.4, -0.2) is 44.5 Å². The molecule has 1 N–H and O–H groups in total. The molecule has 1 aliphatic heterocycles. The van der Waals surface area contributed by atoms with Crippen LogP contribution in [0, 0.1) is 0 Å². The highest BCUT2D eigenvalue weighted by Crippen LogP contribution is 2.16. The normalized spacial score (nSPS) is 20.2. The van der Waals surface area contributed by atoms with Crippen LogP contribution >= 0.6 is 11.6 Å². The van der Waals surface area contributed by atoms with Gasteiger partial charge in [0.25, 0.3) is 5.91 Å². The fourth-order valence-electron chi connectivity index (χ4n) is 3.17. The molecular formula is C20H23ClN2O4S. The Kier molecular flexibility index (Phi) is 6.40. The molecule has 2 aromatic carbocycles. The van der Waals surface area contributed by atoms with Gasteiger partial charge in [-0.05, 0) is 55.8 Å². The SMILES string of the molecule is C[C@@H]1CN(C(=O)c2ccc(CNS(=O)(=O)c3ccc(Cl)cc3)cc2)C[C@H](C)O1. The van der Waals surface area contributed by atoms with Gasteiger partial charge in [0.2, 0.25) is 10.0 Å². The third-order valence-corrected chi connectivity index (χ3v) is 6.17. The topological polar surface area (TPSA) is 75.7 Å². The van der Waals surface area contributed by atoms with Crippen LogP contribution in [0.4, 0.5) is 0 Å². The van der Waals surface area contributed by atoms with Crippen LogP contribution in [0.15, 0.2) is 53.4 Å². The Bertz CT molecular complexity index is 920. The Morgan fingerprint density at radius 1 is 1.07 bits per heavy atom. The first-order chi connectivity index (χ1) is 13.2. The van der Waals surface area contributed by atoms with Gasteiger partial charge in [-0.2, -0.15) is 0 Å². The molecule has 8 heteroatoms. The lowest BCUT2D eigenvalue weighted by atomic mass is 10.1. The van der Waals surface area contributed by atoms with Gasteiger partial charge in [-0.15, -0.1) is 0 Å². The van der Waals surface area contributed by atoms with Gasteiger partial charge in [-0.3, -0.25) is 4.79 Å². The molecule has 3 rings (SSSR count). The Morgan fingerprint density at radius 2 is 1.64 bits per heavy atom. The van der Waals surface area contributed by atoms with Crippen molar-refractivity contribution in [2.75, 3.05) is 13.1 Å². The number of sulfonamides is 1. The molecule has 150 valence electrons. The van der Waals surface area contributed by atoms with Crippen molar-refractivity contribution in [1.82, 2.24) is 9.62 Å². The summed E-state index contributed by atoms with van der Waals surface area (Å²) in [7, 11) is -3.63. The number of carbonyl (C=O) groups excluding carboxylic acids is 1. The molecule has 1 saturated heterocycles. The summed E-state index contributed by atoms with van der Waals surface area (Å²) in [5.41, 5.74) is 1.34. The monoisotopic (exact) mass is 422 g/mol. The third-order valence-electron chi connectivity index (χ3n) is 4.50. The number of halogens is 1. The van der Waals surface area contributed by atoms with Crippen LogP contribution in [0.1, 0.15) is 29.8 Å². The summed E-state index contributed by atoms with van der Waals surface area (Å²) in [4.78, 5) is 14.6. The minimum absolute atomic E-state index is 0.00856. The lowest BCUT2D eigenvalue weighted by Crippen LogP contribution is -2.48. The molecular weight excluding hydrogens is 400 g/mol. The van der Waals surface area contributed by atoms with Crippen molar-refractivity contribution in [2.24, 2.45) is 0 Å². The number of hydrogen-bond acceptors (Lipinski definition) is 4. The molecule has 0 bridgehead atoms. The number of ether oxygens (including phenoxy) is 1. The van der Waals surface area contributed by atoms with E-state index in [4.69, 9.17) is 16.3 Å². The van der Waals surface area contributed by atoms with E-state index in [-0.39, 0.29) is 29.6 Å². The number of morpholine rings is 1. The molecule has 0 saturated carbocycles. The maximum Gasteiger partial charge on any atom is 0.254 e. The van der Waals surface area contributed by atoms with Crippen molar-refractivity contribution in [3.63, 3.8) is 0 Å². The Morgan fingerprint density at radius 3 is 2.21 bits per heavy atom. The largest absolute Gasteiger partial charge is 0.372 e. The van der Waals surface area contributed by atoms with E-state index in [9.17, 15) is 13.2 Å². The molecule has 0 unspecified atom stereocenters. The molecule has 0 aliphatic carbocycles. The molecule has 2 aromatic rings. The molecule has 2 atom stereocenters. The highest BCUT2D eigenvalue weighted by Gasteiger charge is 2.26. The van der Waals surface area contributed by atoms with Gasteiger partial charge in [0.1, 0.15) is 0 Å². The first-order valence-electron chi connectivity index (χ1n) is 9.03. The molecule has 1 fully saturated rings. The van der Waals surface area contributed by atoms with Gasteiger partial charge < -0.3 is 9.64 Å². The van der Waals surface area contributed by atoms with Crippen molar-refractivity contribution in [3.8, 4) is 0 Å². The standard InChI is InChI=1S/C20H23ClN2O4S/c1-14-12-23(13-15(2)27-14)20(24)17-5-3-16(4-6-17)11-22-28(25,26)19-9-7-18(21)8-10-19/h3-10,14-15,22H,11-13H2,1-2H3/t14-,15+. The zero-order chi connectivity index (χ0) is 20.3. The van der Waals surface area contributed by atoms with Crippen LogP contribution < -0.4 is 4.72 Å². The molecule has 0 aromatic heterocycles. The lowest BCUT2D eigenvalue weighted by molar-refractivity contribution is -0.0586. The summed E-state index contributed by atoms with van der Waals surface area (Å²) in [6, 6.07) is 12.9. The maximum absolute atomic E-state index is 12.7. The van der Waals surface area contributed by atoms with Gasteiger partial charge >= 0.3 is 0 Å². The molecule has 0 spiro atoms. The van der Waals surface area contributed by atoms with Crippen LogP contribution in [0.5, 0.6) is 0 Å². The first kappa shape index (κ1) is 20.8. The summed E-state index contributed by atoms with van der Waals surface area (Å²) < 4.78 is 32.9. The Hall–Kier alpha value is -1.93. The summed E-state index contributed by atoms with van der Waals surface area (Å²) >= 11 is 5.79. The second kappa shape index (κ2) is 8.61. The third kappa shape index (κ3) is 5.11. The van der Waals surface area contributed by atoms with E-state index >= 15 is 0 Å². The number of amides is 1. The number of nitrogens with one attached hydrogen (secondary N) is 1. The fourth-order valence-corrected chi connectivity index (χ4v) is 4.31. The zero-order valence-corrected chi connectivity index (χ0v) is 17.3. The van der Waals surface area contributed by atoms with Crippen LogP contribution in [0.25, 0.3) is 0 Å². The number of nitrogens with zero attached hydrogens (tertiary/aromatic N) is 1. The maximum atomic E-state index is 12.7. The van der Waals surface area contributed by atoms with Crippen molar-refractivity contribution in [1.29, 1.82) is 0 Å². The van der Waals surface area contributed by atoms with E-state index < -0.39 is 10.0 Å². The smallest absolute Gasteiger partial charge is 0.254 e. The molecule has 28 heavy (non-hydrogen) atoms. The van der Waals surface area contributed by atoms with Crippen LogP contribution in [-0.2, 0) is 21.3 Å². The second-order valence-corrected chi connectivity index (χ2v) is 9.15. The van der Waals surface area contributed by atoms with Gasteiger partial charge in [0.15, 0.2) is 0 Å². The summed E-state index contributed by atoms with van der Waals surface area (Å²) in [5, 5.41) is 0.475. The molecule has 1 aliphatic rings.